The van der Waals surface area contributed by atoms with E-state index in [1.165, 1.54) is 6.21 Å². The molecule has 2 aromatic rings. The van der Waals surface area contributed by atoms with Crippen LogP contribution in [0.15, 0.2) is 30.6 Å². The van der Waals surface area contributed by atoms with Crippen LogP contribution in [0.3, 0.4) is 0 Å². The first kappa shape index (κ1) is 22.5. The van der Waals surface area contributed by atoms with Crippen molar-refractivity contribution >= 4 is 23.4 Å². The van der Waals surface area contributed by atoms with E-state index >= 15 is 0 Å². The lowest BCUT2D eigenvalue weighted by atomic mass is 9.93. The van der Waals surface area contributed by atoms with Crippen molar-refractivity contribution in [1.29, 1.82) is 5.41 Å². The molecule has 0 radical (unpaired) electrons. The standard InChI is InChI=1S/C24H31N5O2/c1-15-16(2)23(26)21(24(30)29-14-20-5-4-8-31-20)10-18(15)9-17-6-7-22(28-12-17)19(11-25)13-27-3/h6-7,10-13,20,25,27H,4-5,8-9,14,26H2,1-3H3,(H,29,30)/b19-13+,25-11?. The van der Waals surface area contributed by atoms with Crippen molar-refractivity contribution in [3.8, 4) is 0 Å². The van der Waals surface area contributed by atoms with Crippen LogP contribution < -0.4 is 16.4 Å². The Bertz CT molecular complexity index is 976. The molecule has 1 saturated heterocycles. The lowest BCUT2D eigenvalue weighted by Crippen LogP contribution is -2.32. The number of hydrogen-bond donors (Lipinski definition) is 4. The van der Waals surface area contributed by atoms with Gasteiger partial charge in [0, 0.05) is 50.1 Å². The molecule has 0 bridgehead atoms. The molecule has 1 aromatic heterocycles. The topological polar surface area (TPSA) is 113 Å². The third-order valence-corrected chi connectivity index (χ3v) is 5.79. The number of nitrogens with two attached hydrogens (primary N) is 1. The molecule has 1 aliphatic rings. The van der Waals surface area contributed by atoms with Crippen molar-refractivity contribution in [2.45, 2.75) is 39.2 Å². The predicted octanol–water partition coefficient (Wildman–Crippen LogP) is 2.99. The number of nitrogens with zero attached hydrogens (tertiary/aromatic N) is 1. The van der Waals surface area contributed by atoms with Gasteiger partial charge < -0.3 is 26.5 Å². The van der Waals surface area contributed by atoms with Crippen LogP contribution in [0.5, 0.6) is 0 Å². The van der Waals surface area contributed by atoms with Gasteiger partial charge in [-0.3, -0.25) is 9.78 Å². The van der Waals surface area contributed by atoms with Crippen LogP contribution in [0.2, 0.25) is 0 Å². The highest BCUT2D eigenvalue weighted by atomic mass is 16.5. The summed E-state index contributed by atoms with van der Waals surface area (Å²) in [6.45, 7) is 5.24. The molecule has 31 heavy (non-hydrogen) atoms. The summed E-state index contributed by atoms with van der Waals surface area (Å²) in [5, 5.41) is 13.4. The van der Waals surface area contributed by atoms with Gasteiger partial charge in [-0.1, -0.05) is 6.07 Å². The molecule has 0 spiro atoms. The summed E-state index contributed by atoms with van der Waals surface area (Å²) in [6.07, 6.45) is 7.56. The normalized spacial score (nSPS) is 16.2. The van der Waals surface area contributed by atoms with E-state index < -0.39 is 0 Å². The number of allylic oxidation sites excluding steroid dienone is 1. The maximum absolute atomic E-state index is 12.8. The molecule has 5 N–H and O–H groups in total. The molecule has 1 unspecified atom stereocenters. The van der Waals surface area contributed by atoms with Gasteiger partial charge in [-0.25, -0.2) is 0 Å². The minimum absolute atomic E-state index is 0.0867. The Morgan fingerprint density at radius 1 is 1.35 bits per heavy atom. The highest BCUT2D eigenvalue weighted by Gasteiger charge is 2.20. The van der Waals surface area contributed by atoms with Crippen LogP contribution in [0.25, 0.3) is 5.57 Å². The van der Waals surface area contributed by atoms with Crippen molar-refractivity contribution in [2.75, 3.05) is 25.9 Å². The van der Waals surface area contributed by atoms with Gasteiger partial charge in [-0.2, -0.15) is 0 Å². The van der Waals surface area contributed by atoms with Gasteiger partial charge in [-0.15, -0.1) is 0 Å². The average molecular weight is 422 g/mol. The van der Waals surface area contributed by atoms with Crippen molar-refractivity contribution in [2.24, 2.45) is 0 Å². The lowest BCUT2D eigenvalue weighted by molar-refractivity contribution is 0.0858. The number of carbonyl (C=O) groups excluding carboxylic acids is 1. The Balaban J connectivity index is 1.80. The minimum Gasteiger partial charge on any atom is -0.398 e. The number of aromatic nitrogens is 1. The number of nitrogen functional groups attached to an aromatic ring is 1. The largest absolute Gasteiger partial charge is 0.398 e. The number of anilines is 1. The average Bonchev–Trinajstić information content (AvgIpc) is 3.30. The Morgan fingerprint density at radius 2 is 2.16 bits per heavy atom. The smallest absolute Gasteiger partial charge is 0.253 e. The quantitative estimate of drug-likeness (QED) is 0.387. The Labute approximate surface area is 183 Å². The summed E-state index contributed by atoms with van der Waals surface area (Å²) < 4.78 is 5.59. The predicted molar refractivity (Wildman–Crippen MR) is 124 cm³/mol. The number of rotatable bonds is 8. The zero-order chi connectivity index (χ0) is 22.4. The van der Waals surface area contributed by atoms with Crippen LogP contribution >= 0.6 is 0 Å². The van der Waals surface area contributed by atoms with Gasteiger partial charge in [0.05, 0.1) is 17.4 Å². The molecule has 1 amide bonds. The second-order valence-electron chi connectivity index (χ2n) is 7.85. The second-order valence-corrected chi connectivity index (χ2v) is 7.85. The number of ether oxygens (including phenoxy) is 1. The summed E-state index contributed by atoms with van der Waals surface area (Å²) >= 11 is 0. The highest BCUT2D eigenvalue weighted by Crippen LogP contribution is 2.27. The lowest BCUT2D eigenvalue weighted by Gasteiger charge is -2.17. The number of hydrogen-bond acceptors (Lipinski definition) is 6. The molecule has 1 atom stereocenters. The van der Waals surface area contributed by atoms with Crippen LogP contribution in [-0.4, -0.2) is 43.4 Å². The molecule has 2 heterocycles. The third kappa shape index (κ3) is 5.30. The summed E-state index contributed by atoms with van der Waals surface area (Å²) in [6, 6.07) is 5.79. The SMILES string of the molecule is CN/C=C(\C=N)c1ccc(Cc2cc(C(=O)NCC3CCCO3)c(N)c(C)c2C)cn1. The molecule has 0 aliphatic carbocycles. The van der Waals surface area contributed by atoms with Crippen LogP contribution in [0, 0.1) is 19.3 Å². The van der Waals surface area contributed by atoms with Gasteiger partial charge >= 0.3 is 0 Å². The second kappa shape index (κ2) is 10.2. The van der Waals surface area contributed by atoms with E-state index in [2.05, 4.69) is 15.6 Å². The summed E-state index contributed by atoms with van der Waals surface area (Å²) in [5.74, 6) is -0.168. The third-order valence-electron chi connectivity index (χ3n) is 5.79. The van der Waals surface area contributed by atoms with Crippen molar-refractivity contribution < 1.29 is 9.53 Å². The summed E-state index contributed by atoms with van der Waals surface area (Å²) in [5.41, 5.74) is 12.8. The number of amides is 1. The molecule has 164 valence electrons. The zero-order valence-corrected chi connectivity index (χ0v) is 18.4. The van der Waals surface area contributed by atoms with Gasteiger partial charge in [0.1, 0.15) is 0 Å². The number of pyridine rings is 1. The van der Waals surface area contributed by atoms with E-state index in [0.29, 0.717) is 29.8 Å². The number of carbonyl (C=O) groups is 1. The van der Waals surface area contributed by atoms with E-state index in [9.17, 15) is 4.79 Å². The Hall–Kier alpha value is -3.19. The van der Waals surface area contributed by atoms with Crippen LogP contribution in [-0.2, 0) is 11.2 Å². The van der Waals surface area contributed by atoms with Crippen molar-refractivity contribution in [3.63, 3.8) is 0 Å². The fourth-order valence-corrected chi connectivity index (χ4v) is 3.75. The summed E-state index contributed by atoms with van der Waals surface area (Å²) in [4.78, 5) is 17.3. The molecular formula is C24H31N5O2. The van der Waals surface area contributed by atoms with Gasteiger partial charge in [0.15, 0.2) is 0 Å². The Morgan fingerprint density at radius 3 is 2.77 bits per heavy atom. The molecule has 1 aromatic carbocycles. The first-order valence-corrected chi connectivity index (χ1v) is 10.6. The van der Waals surface area contributed by atoms with Crippen LogP contribution in [0.1, 0.15) is 51.1 Å². The molecule has 7 nitrogen and oxygen atoms in total. The maximum atomic E-state index is 12.8. The Kier molecular flexibility index (Phi) is 7.41. The van der Waals surface area contributed by atoms with Crippen molar-refractivity contribution in [1.82, 2.24) is 15.6 Å². The van der Waals surface area contributed by atoms with Crippen molar-refractivity contribution in [3.05, 3.63) is 64.1 Å². The number of benzene rings is 1. The monoisotopic (exact) mass is 421 g/mol. The molecular weight excluding hydrogens is 390 g/mol. The van der Waals surface area contributed by atoms with E-state index in [1.54, 1.807) is 13.2 Å². The first-order chi connectivity index (χ1) is 14.9. The summed E-state index contributed by atoms with van der Waals surface area (Å²) in [7, 11) is 1.79. The van der Waals surface area contributed by atoms with E-state index in [-0.39, 0.29) is 12.0 Å². The molecule has 1 aliphatic heterocycles. The van der Waals surface area contributed by atoms with Gasteiger partial charge in [0.25, 0.3) is 5.91 Å². The van der Waals surface area contributed by atoms with Crippen LogP contribution in [0.4, 0.5) is 5.69 Å². The molecule has 3 rings (SSSR count). The molecule has 1 fully saturated rings. The van der Waals surface area contributed by atoms with Gasteiger partial charge in [0.2, 0.25) is 0 Å². The fraction of sp³-hybridized carbons (Fsp3) is 0.375. The zero-order valence-electron chi connectivity index (χ0n) is 18.4. The van der Waals surface area contributed by atoms with E-state index in [4.69, 9.17) is 15.9 Å². The van der Waals surface area contributed by atoms with E-state index in [0.717, 1.165) is 47.4 Å². The van der Waals surface area contributed by atoms with Gasteiger partial charge in [-0.05, 0) is 67.5 Å². The fourth-order valence-electron chi connectivity index (χ4n) is 3.75. The highest BCUT2D eigenvalue weighted by molar-refractivity contribution is 6.07. The molecule has 0 saturated carbocycles. The van der Waals surface area contributed by atoms with E-state index in [1.807, 2.05) is 38.2 Å². The number of nitrogens with one attached hydrogen (secondary N) is 3. The maximum Gasteiger partial charge on any atom is 0.253 e. The minimum atomic E-state index is -0.168. The first-order valence-electron chi connectivity index (χ1n) is 10.6. The molecule has 7 heteroatoms.